The lowest BCUT2D eigenvalue weighted by Crippen LogP contribution is -2.53. The first-order valence-electron chi connectivity index (χ1n) is 6.37. The molecule has 0 aliphatic carbocycles. The summed E-state index contributed by atoms with van der Waals surface area (Å²) in [5.41, 5.74) is 2.26. The molecule has 0 atom stereocenters. The molecular weight excluding hydrogens is 260 g/mol. The van der Waals surface area contributed by atoms with Gasteiger partial charge < -0.3 is 15.5 Å². The maximum atomic E-state index is 12.3. The van der Waals surface area contributed by atoms with Crippen LogP contribution in [0.4, 0.5) is 11.4 Å². The number of nitrogens with zero attached hydrogens (tertiary/aromatic N) is 1. The molecule has 1 fully saturated rings. The minimum absolute atomic E-state index is 0.0899. The van der Waals surface area contributed by atoms with Crippen LogP contribution in [-0.2, 0) is 9.59 Å². The average molecular weight is 274 g/mol. The Morgan fingerprint density at radius 1 is 1.00 bits per heavy atom. The number of piperazine rings is 1. The summed E-state index contributed by atoms with van der Waals surface area (Å²) in [7, 11) is 0. The van der Waals surface area contributed by atoms with Crippen molar-refractivity contribution in [1.82, 2.24) is 10.2 Å². The van der Waals surface area contributed by atoms with Crippen LogP contribution in [0.1, 0.15) is 10.4 Å². The second-order valence-electron chi connectivity index (χ2n) is 4.75. The van der Waals surface area contributed by atoms with Gasteiger partial charge in [0.15, 0.2) is 0 Å². The van der Waals surface area contributed by atoms with Crippen molar-refractivity contribution >= 4 is 29.1 Å². The summed E-state index contributed by atoms with van der Waals surface area (Å²) in [4.78, 5) is 36.2. The van der Waals surface area contributed by atoms with Gasteiger partial charge in [-0.3, -0.25) is 19.7 Å². The molecule has 0 spiro atoms. The molecule has 1 aromatic rings. The Morgan fingerprint density at radius 2 is 1.65 bits per heavy atom. The first-order chi connectivity index (χ1) is 9.63. The lowest BCUT2D eigenvalue weighted by atomic mass is 10.1. The van der Waals surface area contributed by atoms with Gasteiger partial charge in [-0.05, 0) is 18.2 Å². The molecule has 3 rings (SSSR count). The van der Waals surface area contributed by atoms with Crippen LogP contribution in [0.3, 0.4) is 0 Å². The van der Waals surface area contributed by atoms with Crippen LogP contribution < -0.4 is 16.0 Å². The zero-order valence-corrected chi connectivity index (χ0v) is 10.7. The molecule has 0 unspecified atom stereocenters. The summed E-state index contributed by atoms with van der Waals surface area (Å²) in [6, 6.07) is 5.25. The normalized spacial score (nSPS) is 17.7. The Labute approximate surface area is 115 Å². The van der Waals surface area contributed by atoms with Gasteiger partial charge in [-0.2, -0.15) is 0 Å². The van der Waals surface area contributed by atoms with Gasteiger partial charge >= 0.3 is 0 Å². The van der Waals surface area contributed by atoms with Crippen molar-refractivity contribution in [2.75, 3.05) is 36.8 Å². The highest BCUT2D eigenvalue weighted by molar-refractivity contribution is 6.06. The van der Waals surface area contributed by atoms with Crippen LogP contribution in [0, 0.1) is 0 Å². The van der Waals surface area contributed by atoms with Gasteiger partial charge in [0.2, 0.25) is 11.8 Å². The molecule has 104 valence electrons. The van der Waals surface area contributed by atoms with Crippen molar-refractivity contribution < 1.29 is 14.4 Å². The summed E-state index contributed by atoms with van der Waals surface area (Å²) in [5.74, 6) is -1.22. The highest BCUT2D eigenvalue weighted by Gasteiger charge is 2.27. The minimum atomic E-state index is -0.452. The molecule has 1 aromatic carbocycles. The van der Waals surface area contributed by atoms with E-state index >= 15 is 0 Å². The molecular formula is C13H14N4O3. The Kier molecular flexibility index (Phi) is 3.02. The lowest BCUT2D eigenvalue weighted by molar-refractivity contribution is -0.135. The third kappa shape index (κ3) is 2.29. The third-order valence-electron chi connectivity index (χ3n) is 3.26. The van der Waals surface area contributed by atoms with E-state index in [9.17, 15) is 14.4 Å². The quantitative estimate of drug-likeness (QED) is 0.607. The molecule has 3 N–H and O–H groups in total. The molecule has 0 aromatic heterocycles. The number of nitrogens with one attached hydrogen (secondary N) is 3. The topological polar surface area (TPSA) is 90.5 Å². The lowest BCUT2D eigenvalue weighted by Gasteiger charge is -2.26. The Balaban J connectivity index is 1.83. The molecule has 0 radical (unpaired) electrons. The zero-order valence-electron chi connectivity index (χ0n) is 10.7. The Hall–Kier alpha value is -2.57. The number of anilines is 2. The van der Waals surface area contributed by atoms with Crippen LogP contribution in [0.25, 0.3) is 0 Å². The summed E-state index contributed by atoms with van der Waals surface area (Å²) in [6.45, 7) is 1.44. The molecule has 1 saturated heterocycles. The van der Waals surface area contributed by atoms with Gasteiger partial charge in [0.25, 0.3) is 5.91 Å². The van der Waals surface area contributed by atoms with E-state index in [4.69, 9.17) is 0 Å². The van der Waals surface area contributed by atoms with E-state index in [1.165, 1.54) is 4.90 Å². The number of hydrogen-bond donors (Lipinski definition) is 3. The maximum Gasteiger partial charge on any atom is 0.254 e. The molecule has 7 heteroatoms. The molecule has 2 aliphatic heterocycles. The summed E-state index contributed by atoms with van der Waals surface area (Å²) in [5, 5.41) is 8.59. The number of fused-ring (bicyclic) bond motifs is 1. The maximum absolute atomic E-state index is 12.3. The predicted octanol–water partition coefficient (Wildman–Crippen LogP) is -0.377. The van der Waals surface area contributed by atoms with Gasteiger partial charge in [-0.1, -0.05) is 0 Å². The number of imide groups is 1. The van der Waals surface area contributed by atoms with E-state index in [0.29, 0.717) is 5.56 Å². The predicted molar refractivity (Wildman–Crippen MR) is 72.5 cm³/mol. The second kappa shape index (κ2) is 4.84. The summed E-state index contributed by atoms with van der Waals surface area (Å²) in [6.07, 6.45) is 0. The molecule has 3 amide bonds. The first-order valence-corrected chi connectivity index (χ1v) is 6.37. The smallest absolute Gasteiger partial charge is 0.254 e. The standard InChI is InChI=1S/C13H14N4O3/c18-11-6-17(7-12(19)16-11)13(20)8-1-2-9-10(5-8)15-4-3-14-9/h1-2,5,14-15H,3-4,6-7H2,(H,16,18,19). The molecule has 20 heavy (non-hydrogen) atoms. The van der Waals surface area contributed by atoms with Crippen molar-refractivity contribution in [2.24, 2.45) is 0 Å². The highest BCUT2D eigenvalue weighted by Crippen LogP contribution is 2.25. The number of benzene rings is 1. The van der Waals surface area contributed by atoms with Crippen LogP contribution in [0.15, 0.2) is 18.2 Å². The number of rotatable bonds is 1. The van der Waals surface area contributed by atoms with Crippen LogP contribution in [0.5, 0.6) is 0 Å². The summed E-state index contributed by atoms with van der Waals surface area (Å²) < 4.78 is 0. The molecule has 0 saturated carbocycles. The van der Waals surface area contributed by atoms with Gasteiger partial charge in [-0.25, -0.2) is 0 Å². The zero-order chi connectivity index (χ0) is 14.1. The van der Waals surface area contributed by atoms with Gasteiger partial charge in [0.05, 0.1) is 11.4 Å². The number of amides is 3. The number of carbonyl (C=O) groups excluding carboxylic acids is 3. The van der Waals surface area contributed by atoms with Crippen molar-refractivity contribution in [3.05, 3.63) is 23.8 Å². The number of carbonyl (C=O) groups is 3. The summed E-state index contributed by atoms with van der Waals surface area (Å²) >= 11 is 0. The van der Waals surface area contributed by atoms with Crippen molar-refractivity contribution in [3.63, 3.8) is 0 Å². The highest BCUT2D eigenvalue weighted by atomic mass is 16.2. The molecule has 0 bridgehead atoms. The van der Waals surface area contributed by atoms with E-state index in [-0.39, 0.29) is 19.0 Å². The molecule has 7 nitrogen and oxygen atoms in total. The fraction of sp³-hybridized carbons (Fsp3) is 0.308. The van der Waals surface area contributed by atoms with E-state index in [1.54, 1.807) is 12.1 Å². The van der Waals surface area contributed by atoms with E-state index in [1.807, 2.05) is 6.07 Å². The van der Waals surface area contributed by atoms with Gasteiger partial charge in [0.1, 0.15) is 13.1 Å². The van der Waals surface area contributed by atoms with E-state index in [2.05, 4.69) is 16.0 Å². The first kappa shape index (κ1) is 12.5. The van der Waals surface area contributed by atoms with Crippen LogP contribution in [0.2, 0.25) is 0 Å². The number of hydrogen-bond acceptors (Lipinski definition) is 5. The van der Waals surface area contributed by atoms with E-state index in [0.717, 1.165) is 24.5 Å². The SMILES string of the molecule is O=C1CN(C(=O)c2ccc3c(c2)NCCN3)CC(=O)N1. The van der Waals surface area contributed by atoms with Gasteiger partial charge in [-0.15, -0.1) is 0 Å². The van der Waals surface area contributed by atoms with Crippen LogP contribution in [-0.4, -0.2) is 48.8 Å². The molecule has 2 aliphatic rings. The average Bonchev–Trinajstić information content (AvgIpc) is 2.45. The fourth-order valence-corrected chi connectivity index (χ4v) is 2.34. The monoisotopic (exact) mass is 274 g/mol. The second-order valence-corrected chi connectivity index (χ2v) is 4.75. The van der Waals surface area contributed by atoms with Crippen molar-refractivity contribution in [2.45, 2.75) is 0 Å². The fourth-order valence-electron chi connectivity index (χ4n) is 2.34. The van der Waals surface area contributed by atoms with E-state index < -0.39 is 11.8 Å². The van der Waals surface area contributed by atoms with Crippen molar-refractivity contribution in [3.8, 4) is 0 Å². The van der Waals surface area contributed by atoms with Crippen LogP contribution >= 0.6 is 0 Å². The van der Waals surface area contributed by atoms with Crippen molar-refractivity contribution in [1.29, 1.82) is 0 Å². The Morgan fingerprint density at radius 3 is 2.35 bits per heavy atom. The third-order valence-corrected chi connectivity index (χ3v) is 3.26. The Bertz CT molecular complexity index is 583. The minimum Gasteiger partial charge on any atom is -0.382 e. The molecule has 2 heterocycles. The largest absolute Gasteiger partial charge is 0.382 e. The van der Waals surface area contributed by atoms with Gasteiger partial charge in [0, 0.05) is 18.7 Å².